The standard InChI is InChI=1S/C27H30ClF3N2O2S/c1-35-19-4-5-25-21(15-19)20(22(28)16-32-25)3-2-6-27(17-34)7-9-33(10-8-27)11-12-36-26-23(30)13-18(29)14-24(26)31/h4-5,13-16,34H,2-3,6-12,17H2,1H3. The maximum absolute atomic E-state index is 13.9. The average molecular weight is 539 g/mol. The molecule has 0 saturated carbocycles. The third kappa shape index (κ3) is 6.28. The summed E-state index contributed by atoms with van der Waals surface area (Å²) in [6.45, 7) is 2.42. The molecule has 0 spiro atoms. The van der Waals surface area contributed by atoms with Crippen molar-refractivity contribution in [3.05, 3.63) is 64.6 Å². The molecule has 0 unspecified atom stereocenters. The lowest BCUT2D eigenvalue weighted by Gasteiger charge is -2.41. The first kappa shape index (κ1) is 27.0. The molecule has 4 nitrogen and oxygen atoms in total. The van der Waals surface area contributed by atoms with Crippen molar-refractivity contribution in [2.24, 2.45) is 5.41 Å². The number of hydrogen-bond acceptors (Lipinski definition) is 5. The van der Waals surface area contributed by atoms with Crippen molar-refractivity contribution in [1.82, 2.24) is 9.88 Å². The monoisotopic (exact) mass is 538 g/mol. The van der Waals surface area contributed by atoms with Crippen LogP contribution in [0.1, 0.15) is 31.2 Å². The molecule has 0 atom stereocenters. The molecule has 0 bridgehead atoms. The van der Waals surface area contributed by atoms with E-state index >= 15 is 0 Å². The van der Waals surface area contributed by atoms with E-state index < -0.39 is 17.5 Å². The van der Waals surface area contributed by atoms with Gasteiger partial charge in [0.1, 0.15) is 23.2 Å². The highest BCUT2D eigenvalue weighted by atomic mass is 35.5. The van der Waals surface area contributed by atoms with Gasteiger partial charge in [0.2, 0.25) is 0 Å². The van der Waals surface area contributed by atoms with Crippen molar-refractivity contribution in [1.29, 1.82) is 0 Å². The van der Waals surface area contributed by atoms with E-state index in [-0.39, 0.29) is 16.9 Å². The molecule has 9 heteroatoms. The number of aryl methyl sites for hydroxylation is 1. The molecule has 0 aliphatic carbocycles. The number of piperidine rings is 1. The van der Waals surface area contributed by atoms with Crippen LogP contribution in [-0.4, -0.2) is 54.1 Å². The number of pyridine rings is 1. The molecule has 1 saturated heterocycles. The van der Waals surface area contributed by atoms with Crippen molar-refractivity contribution in [3.8, 4) is 5.75 Å². The second-order valence-corrected chi connectivity index (χ2v) is 10.9. The summed E-state index contributed by atoms with van der Waals surface area (Å²) in [4.78, 5) is 6.53. The van der Waals surface area contributed by atoms with Crippen LogP contribution in [-0.2, 0) is 6.42 Å². The number of ether oxygens (including phenoxy) is 1. The lowest BCUT2D eigenvalue weighted by atomic mass is 9.75. The van der Waals surface area contributed by atoms with Crippen LogP contribution in [0.25, 0.3) is 10.9 Å². The SMILES string of the molecule is COc1ccc2ncc(Cl)c(CCCC3(CO)CCN(CCSc4c(F)cc(F)cc4F)CC3)c2c1. The van der Waals surface area contributed by atoms with E-state index in [1.807, 2.05) is 18.2 Å². The van der Waals surface area contributed by atoms with E-state index in [1.165, 1.54) is 0 Å². The summed E-state index contributed by atoms with van der Waals surface area (Å²) in [6, 6.07) is 7.19. The number of methoxy groups -OCH3 is 1. The first-order valence-electron chi connectivity index (χ1n) is 12.1. The molecule has 3 aromatic rings. The Morgan fingerprint density at radius 1 is 1.14 bits per heavy atom. The highest BCUT2D eigenvalue weighted by Gasteiger charge is 2.33. The predicted molar refractivity (Wildman–Crippen MR) is 138 cm³/mol. The molecule has 1 fully saturated rings. The predicted octanol–water partition coefficient (Wildman–Crippen LogP) is 6.50. The van der Waals surface area contributed by atoms with Crippen molar-refractivity contribution >= 4 is 34.3 Å². The van der Waals surface area contributed by atoms with Gasteiger partial charge in [-0.25, -0.2) is 13.2 Å². The number of rotatable bonds is 10. The van der Waals surface area contributed by atoms with E-state index in [4.69, 9.17) is 16.3 Å². The second kappa shape index (κ2) is 12.0. The van der Waals surface area contributed by atoms with Crippen molar-refractivity contribution in [3.63, 3.8) is 0 Å². The second-order valence-electron chi connectivity index (χ2n) is 9.37. The van der Waals surface area contributed by atoms with Gasteiger partial charge in [-0.2, -0.15) is 0 Å². The van der Waals surface area contributed by atoms with Gasteiger partial charge in [0, 0.05) is 42.6 Å². The molecule has 1 aromatic heterocycles. The van der Waals surface area contributed by atoms with Gasteiger partial charge < -0.3 is 14.7 Å². The number of aliphatic hydroxyl groups is 1. The minimum atomic E-state index is -0.912. The Labute approximate surface area is 218 Å². The number of benzene rings is 2. The van der Waals surface area contributed by atoms with Crippen LogP contribution in [0.2, 0.25) is 5.02 Å². The van der Waals surface area contributed by atoms with Crippen LogP contribution < -0.4 is 4.74 Å². The lowest BCUT2D eigenvalue weighted by Crippen LogP contribution is -2.42. The van der Waals surface area contributed by atoms with Crippen molar-refractivity contribution < 1.29 is 23.0 Å². The smallest absolute Gasteiger partial charge is 0.142 e. The molecule has 2 aromatic carbocycles. The molecule has 0 radical (unpaired) electrons. The summed E-state index contributed by atoms with van der Waals surface area (Å²) in [5, 5.41) is 11.9. The third-order valence-electron chi connectivity index (χ3n) is 7.14. The maximum Gasteiger partial charge on any atom is 0.142 e. The van der Waals surface area contributed by atoms with E-state index in [0.29, 0.717) is 29.5 Å². The zero-order chi connectivity index (χ0) is 25.7. The van der Waals surface area contributed by atoms with E-state index in [1.54, 1.807) is 13.3 Å². The van der Waals surface area contributed by atoms with E-state index in [0.717, 1.165) is 79.2 Å². The number of aromatic nitrogens is 1. The fourth-order valence-corrected chi connectivity index (χ4v) is 6.10. The first-order valence-corrected chi connectivity index (χ1v) is 13.4. The molecule has 1 N–H and O–H groups in total. The summed E-state index contributed by atoms with van der Waals surface area (Å²) in [6.07, 6.45) is 5.94. The van der Waals surface area contributed by atoms with E-state index in [2.05, 4.69) is 9.88 Å². The van der Waals surface area contributed by atoms with Crippen LogP contribution in [0.3, 0.4) is 0 Å². The molecule has 4 rings (SSSR count). The van der Waals surface area contributed by atoms with Crippen LogP contribution in [0.15, 0.2) is 41.4 Å². The minimum absolute atomic E-state index is 0.125. The number of halogens is 4. The number of fused-ring (bicyclic) bond motifs is 1. The van der Waals surface area contributed by atoms with Gasteiger partial charge in [0.05, 0.1) is 22.5 Å². The number of likely N-dealkylation sites (tertiary alicyclic amines) is 1. The number of aliphatic hydroxyl groups excluding tert-OH is 1. The van der Waals surface area contributed by atoms with Gasteiger partial charge in [-0.15, -0.1) is 11.8 Å². The average Bonchev–Trinajstić information content (AvgIpc) is 2.87. The van der Waals surface area contributed by atoms with Gasteiger partial charge >= 0.3 is 0 Å². The molecule has 2 heterocycles. The zero-order valence-electron chi connectivity index (χ0n) is 20.2. The van der Waals surface area contributed by atoms with Crippen molar-refractivity contribution in [2.75, 3.05) is 39.1 Å². The lowest BCUT2D eigenvalue weighted by molar-refractivity contribution is 0.0378. The Kier molecular flexibility index (Phi) is 9.04. The Morgan fingerprint density at radius 3 is 2.53 bits per heavy atom. The summed E-state index contributed by atoms with van der Waals surface area (Å²) in [5.74, 6) is -1.38. The highest BCUT2D eigenvalue weighted by Crippen LogP contribution is 2.38. The van der Waals surface area contributed by atoms with Gasteiger partial charge in [0.25, 0.3) is 0 Å². The normalized spacial score (nSPS) is 15.9. The fraction of sp³-hybridized carbons (Fsp3) is 0.444. The van der Waals surface area contributed by atoms with Crippen LogP contribution in [0.5, 0.6) is 5.75 Å². The van der Waals surface area contributed by atoms with Crippen LogP contribution in [0, 0.1) is 22.9 Å². The summed E-state index contributed by atoms with van der Waals surface area (Å²) >= 11 is 7.56. The molecule has 0 amide bonds. The maximum atomic E-state index is 13.9. The topological polar surface area (TPSA) is 45.6 Å². The molecule has 194 valence electrons. The number of hydrogen-bond donors (Lipinski definition) is 1. The zero-order valence-corrected chi connectivity index (χ0v) is 21.8. The largest absolute Gasteiger partial charge is 0.497 e. The highest BCUT2D eigenvalue weighted by molar-refractivity contribution is 7.99. The van der Waals surface area contributed by atoms with Crippen LogP contribution in [0.4, 0.5) is 13.2 Å². The summed E-state index contributed by atoms with van der Waals surface area (Å²) < 4.78 is 46.2. The number of nitrogens with zero attached hydrogens (tertiary/aromatic N) is 2. The Bertz CT molecular complexity index is 1180. The van der Waals surface area contributed by atoms with Crippen molar-refractivity contribution in [2.45, 2.75) is 37.0 Å². The quantitative estimate of drug-likeness (QED) is 0.298. The molecule has 1 aliphatic heterocycles. The number of thioether (sulfide) groups is 1. The van der Waals surface area contributed by atoms with Crippen LogP contribution >= 0.6 is 23.4 Å². The Hall–Kier alpha value is -2.00. The molecular weight excluding hydrogens is 509 g/mol. The Morgan fingerprint density at radius 2 is 1.86 bits per heavy atom. The molecule has 1 aliphatic rings. The third-order valence-corrected chi connectivity index (χ3v) is 8.53. The fourth-order valence-electron chi connectivity index (χ4n) is 4.91. The molecular formula is C27H30ClF3N2O2S. The summed E-state index contributed by atoms with van der Waals surface area (Å²) in [7, 11) is 1.63. The summed E-state index contributed by atoms with van der Waals surface area (Å²) in [5.41, 5.74) is 1.77. The van der Waals surface area contributed by atoms with Gasteiger partial charge in [-0.05, 0) is 74.4 Å². The minimum Gasteiger partial charge on any atom is -0.497 e. The van der Waals surface area contributed by atoms with E-state index in [9.17, 15) is 18.3 Å². The van der Waals surface area contributed by atoms with Gasteiger partial charge in [-0.3, -0.25) is 4.98 Å². The first-order chi connectivity index (χ1) is 17.3. The van der Waals surface area contributed by atoms with Gasteiger partial charge in [0.15, 0.2) is 0 Å². The molecule has 36 heavy (non-hydrogen) atoms. The Balaban J connectivity index is 1.30. The van der Waals surface area contributed by atoms with Gasteiger partial charge in [-0.1, -0.05) is 11.6 Å².